The summed E-state index contributed by atoms with van der Waals surface area (Å²) in [5.41, 5.74) is -1.50. The molecule has 0 radical (unpaired) electrons. The highest BCUT2D eigenvalue weighted by Crippen LogP contribution is 2.36. The van der Waals surface area contributed by atoms with Gasteiger partial charge in [-0.25, -0.2) is 26.9 Å². The van der Waals surface area contributed by atoms with Crippen LogP contribution in [0.15, 0.2) is 26.2 Å². The second-order valence-electron chi connectivity index (χ2n) is 6.84. The number of halogens is 3. The van der Waals surface area contributed by atoms with Gasteiger partial charge in [-0.05, 0) is 25.8 Å². The number of imidazole rings is 1. The van der Waals surface area contributed by atoms with E-state index in [4.69, 9.17) is 4.42 Å². The normalized spacial score (nSPS) is 16.2. The van der Waals surface area contributed by atoms with Gasteiger partial charge in [-0.15, -0.1) is 5.10 Å². The van der Waals surface area contributed by atoms with Gasteiger partial charge in [0.25, 0.3) is 5.89 Å². The molecule has 0 bridgehead atoms. The van der Waals surface area contributed by atoms with Crippen molar-refractivity contribution in [2.75, 3.05) is 0 Å². The molecule has 1 fully saturated rings. The summed E-state index contributed by atoms with van der Waals surface area (Å²) in [5.74, 6) is -2.06. The quantitative estimate of drug-likeness (QED) is 0.675. The summed E-state index contributed by atoms with van der Waals surface area (Å²) in [4.78, 5) is 11.8. The summed E-state index contributed by atoms with van der Waals surface area (Å²) in [6.07, 6.45) is -1.82. The van der Waals surface area contributed by atoms with E-state index in [1.54, 1.807) is 6.92 Å². The number of nitrogens with one attached hydrogen (secondary N) is 1. The van der Waals surface area contributed by atoms with Gasteiger partial charge in [-0.3, -0.25) is 4.57 Å². The Kier molecular flexibility index (Phi) is 3.94. The lowest BCUT2D eigenvalue weighted by Crippen LogP contribution is -2.34. The van der Waals surface area contributed by atoms with Gasteiger partial charge in [-0.1, -0.05) is 5.10 Å². The van der Waals surface area contributed by atoms with Crippen molar-refractivity contribution in [1.82, 2.24) is 24.1 Å². The van der Waals surface area contributed by atoms with E-state index in [2.05, 4.69) is 14.9 Å². The first kappa shape index (κ1) is 18.7. The largest absolute Gasteiger partial charge is 0.401 e. The molecule has 4 rings (SSSR count). The van der Waals surface area contributed by atoms with Crippen LogP contribution in [0.3, 0.4) is 0 Å². The van der Waals surface area contributed by atoms with Crippen LogP contribution in [0.4, 0.5) is 13.2 Å². The average Bonchev–Trinajstić information content (AvgIpc) is 3.04. The number of hydrogen-bond donors (Lipinski definition) is 1. The molecule has 2 aromatic heterocycles. The Morgan fingerprint density at radius 2 is 1.93 bits per heavy atom. The second kappa shape index (κ2) is 5.91. The zero-order valence-electron chi connectivity index (χ0n) is 14.6. The van der Waals surface area contributed by atoms with Crippen molar-refractivity contribution in [1.29, 1.82) is 0 Å². The van der Waals surface area contributed by atoms with Gasteiger partial charge in [-0.2, -0.15) is 8.78 Å². The number of alkyl halides is 2. The second-order valence-corrected chi connectivity index (χ2v) is 8.49. The van der Waals surface area contributed by atoms with E-state index in [-0.39, 0.29) is 11.0 Å². The number of rotatable bonds is 5. The fourth-order valence-corrected chi connectivity index (χ4v) is 4.35. The van der Waals surface area contributed by atoms with Crippen LogP contribution in [0.1, 0.15) is 32.1 Å². The predicted molar refractivity (Wildman–Crippen MR) is 89.2 cm³/mol. The summed E-state index contributed by atoms with van der Waals surface area (Å²) in [6, 6.07) is 1.23. The van der Waals surface area contributed by atoms with Gasteiger partial charge < -0.3 is 4.42 Å². The molecule has 0 unspecified atom stereocenters. The summed E-state index contributed by atoms with van der Waals surface area (Å²) in [6.45, 7) is 1.68. The maximum atomic E-state index is 14.5. The molecule has 9 nitrogen and oxygen atoms in total. The Morgan fingerprint density at radius 1 is 1.25 bits per heavy atom. The molecular weight excluding hydrogens is 403 g/mol. The number of aromatic nitrogens is 4. The van der Waals surface area contributed by atoms with Crippen LogP contribution in [-0.4, -0.2) is 33.3 Å². The Labute approximate surface area is 155 Å². The minimum absolute atomic E-state index is 0.0240. The minimum Gasteiger partial charge on any atom is -0.401 e. The Morgan fingerprint density at radius 3 is 2.50 bits per heavy atom. The number of hydrogen-bond acceptors (Lipinski definition) is 6. The average molecular weight is 417 g/mol. The lowest BCUT2D eigenvalue weighted by molar-refractivity contribution is 0.115. The van der Waals surface area contributed by atoms with E-state index >= 15 is 0 Å². The Balaban J connectivity index is 1.94. The first-order valence-corrected chi connectivity index (χ1v) is 9.58. The zero-order valence-corrected chi connectivity index (χ0v) is 15.4. The topological polar surface area (TPSA) is 112 Å². The Hall–Kier alpha value is -2.67. The lowest BCUT2D eigenvalue weighted by atomic mass is 10.3. The van der Waals surface area contributed by atoms with Crippen LogP contribution in [0.25, 0.3) is 17.0 Å². The molecule has 28 heavy (non-hydrogen) atoms. The molecule has 13 heteroatoms. The van der Waals surface area contributed by atoms with Crippen LogP contribution in [0, 0.1) is 5.82 Å². The van der Waals surface area contributed by atoms with Crippen molar-refractivity contribution >= 4 is 21.1 Å². The first-order chi connectivity index (χ1) is 13.0. The van der Waals surface area contributed by atoms with Crippen molar-refractivity contribution in [3.05, 3.63) is 34.3 Å². The standard InChI is InChI=1S/C15H14F3N5O4S/c1-15(3-4-15)21-28(25,26)10-6-9-8(5-7(10)16)22(2)14(24)23(9)13-20-19-12(27-13)11(17)18/h5-6,11,21H,3-4H2,1-2H3. The summed E-state index contributed by atoms with van der Waals surface area (Å²) in [7, 11) is -2.92. The van der Waals surface area contributed by atoms with Gasteiger partial charge in [0.1, 0.15) is 10.7 Å². The molecule has 150 valence electrons. The molecular formula is C15H14F3N5O4S. The lowest BCUT2D eigenvalue weighted by Gasteiger charge is -2.13. The fraction of sp³-hybridized carbons (Fsp3) is 0.400. The monoisotopic (exact) mass is 417 g/mol. The van der Waals surface area contributed by atoms with Crippen molar-refractivity contribution < 1.29 is 26.0 Å². The third kappa shape index (κ3) is 2.90. The van der Waals surface area contributed by atoms with E-state index in [0.29, 0.717) is 12.8 Å². The Bertz CT molecular complexity index is 1260. The third-order valence-electron chi connectivity index (χ3n) is 4.59. The molecule has 1 aliphatic rings. The van der Waals surface area contributed by atoms with Crippen molar-refractivity contribution in [3.63, 3.8) is 0 Å². The number of aryl methyl sites for hydroxylation is 1. The smallest absolute Gasteiger partial charge is 0.337 e. The summed E-state index contributed by atoms with van der Waals surface area (Å²) < 4.78 is 74.2. The van der Waals surface area contributed by atoms with Gasteiger partial charge in [0, 0.05) is 18.7 Å². The highest BCUT2D eigenvalue weighted by atomic mass is 32.2. The van der Waals surface area contributed by atoms with Gasteiger partial charge >= 0.3 is 18.1 Å². The van der Waals surface area contributed by atoms with E-state index in [1.165, 1.54) is 7.05 Å². The minimum atomic E-state index is -4.22. The molecule has 1 saturated carbocycles. The fourth-order valence-electron chi connectivity index (χ4n) is 2.80. The highest BCUT2D eigenvalue weighted by Gasteiger charge is 2.42. The van der Waals surface area contributed by atoms with Crippen LogP contribution in [-0.2, 0) is 17.1 Å². The molecule has 2 heterocycles. The van der Waals surface area contributed by atoms with Crippen LogP contribution in [0.2, 0.25) is 0 Å². The molecule has 0 atom stereocenters. The van der Waals surface area contributed by atoms with Crippen LogP contribution in [0.5, 0.6) is 0 Å². The van der Waals surface area contributed by atoms with Crippen LogP contribution >= 0.6 is 0 Å². The molecule has 0 amide bonds. The first-order valence-electron chi connectivity index (χ1n) is 8.09. The van der Waals surface area contributed by atoms with E-state index in [0.717, 1.165) is 21.3 Å². The van der Waals surface area contributed by atoms with Gasteiger partial charge in [0.2, 0.25) is 10.0 Å². The molecule has 1 aromatic carbocycles. The molecule has 0 saturated heterocycles. The maximum Gasteiger partial charge on any atom is 0.337 e. The molecule has 1 N–H and O–H groups in total. The highest BCUT2D eigenvalue weighted by molar-refractivity contribution is 7.89. The number of fused-ring (bicyclic) bond motifs is 1. The molecule has 1 aliphatic carbocycles. The number of benzene rings is 1. The molecule has 3 aromatic rings. The van der Waals surface area contributed by atoms with Gasteiger partial charge in [0.15, 0.2) is 0 Å². The third-order valence-corrected chi connectivity index (χ3v) is 6.24. The predicted octanol–water partition coefficient (Wildman–Crippen LogP) is 1.62. The van der Waals surface area contributed by atoms with E-state index < -0.39 is 50.3 Å². The molecule has 0 spiro atoms. The van der Waals surface area contributed by atoms with Crippen molar-refractivity contribution in [3.8, 4) is 6.01 Å². The molecule has 0 aliphatic heterocycles. The summed E-state index contributed by atoms with van der Waals surface area (Å²) >= 11 is 0. The SMILES string of the molecule is Cn1c(=O)n(-c2nnc(C(F)F)o2)c2cc(S(=O)(=O)NC3(C)CC3)c(F)cc21. The van der Waals surface area contributed by atoms with E-state index in [1.807, 2.05) is 0 Å². The van der Waals surface area contributed by atoms with Crippen LogP contribution < -0.4 is 10.4 Å². The van der Waals surface area contributed by atoms with Crippen molar-refractivity contribution in [2.45, 2.75) is 36.6 Å². The van der Waals surface area contributed by atoms with Gasteiger partial charge in [0.05, 0.1) is 11.0 Å². The summed E-state index contributed by atoms with van der Waals surface area (Å²) in [5, 5.41) is 6.56. The van der Waals surface area contributed by atoms with Crippen molar-refractivity contribution in [2.24, 2.45) is 7.05 Å². The maximum absolute atomic E-state index is 14.5. The number of sulfonamides is 1. The number of nitrogens with zero attached hydrogens (tertiary/aromatic N) is 4. The van der Waals surface area contributed by atoms with E-state index in [9.17, 15) is 26.4 Å². The zero-order chi connectivity index (χ0) is 20.4.